The van der Waals surface area contributed by atoms with Crippen molar-refractivity contribution < 1.29 is 9.59 Å². The Kier molecular flexibility index (Phi) is 4.98. The van der Waals surface area contributed by atoms with Crippen LogP contribution in [0.2, 0.25) is 0 Å². The van der Waals surface area contributed by atoms with Crippen molar-refractivity contribution in [3.05, 3.63) is 59.9 Å². The highest BCUT2D eigenvalue weighted by Gasteiger charge is 2.31. The van der Waals surface area contributed by atoms with E-state index in [1.54, 1.807) is 6.20 Å². The van der Waals surface area contributed by atoms with Gasteiger partial charge in [0.2, 0.25) is 0 Å². The Morgan fingerprint density at radius 3 is 2.58 bits per heavy atom. The maximum absolute atomic E-state index is 12.7. The second-order valence-corrected chi connectivity index (χ2v) is 7.43. The van der Waals surface area contributed by atoms with Crippen molar-refractivity contribution in [1.82, 2.24) is 4.98 Å². The fourth-order valence-electron chi connectivity index (χ4n) is 2.90. The van der Waals surface area contributed by atoms with Crippen LogP contribution in [0.25, 0.3) is 0 Å². The van der Waals surface area contributed by atoms with Crippen LogP contribution in [-0.4, -0.2) is 41.9 Å². The van der Waals surface area contributed by atoms with E-state index in [4.69, 9.17) is 0 Å². The number of carbonyl (C=O) groups excluding carboxylic acids is 2. The normalized spacial score (nSPS) is 17.1. The van der Waals surface area contributed by atoms with Crippen LogP contribution in [-0.2, 0) is 9.59 Å². The number of aldehydes is 1. The minimum absolute atomic E-state index is 0.0837. The van der Waals surface area contributed by atoms with E-state index in [1.165, 1.54) is 0 Å². The van der Waals surface area contributed by atoms with Gasteiger partial charge >= 0.3 is 0 Å². The number of ketones is 1. The molecule has 0 saturated heterocycles. The smallest absolute Gasteiger partial charge is 0.157 e. The number of aromatic nitrogens is 1. The highest BCUT2D eigenvalue weighted by Crippen LogP contribution is 2.29. The summed E-state index contributed by atoms with van der Waals surface area (Å²) in [5.74, 6) is 0.0837. The zero-order valence-electron chi connectivity index (χ0n) is 15.3. The summed E-state index contributed by atoms with van der Waals surface area (Å²) in [5.41, 5.74) is 2.76. The summed E-state index contributed by atoms with van der Waals surface area (Å²) in [5, 5.41) is 0. The molecule has 134 valence electrons. The average molecular weight is 349 g/mol. The number of anilines is 1. The summed E-state index contributed by atoms with van der Waals surface area (Å²) < 4.78 is 0. The molecular formula is C21H23N3O2. The molecule has 0 radical (unpaired) electrons. The number of rotatable bonds is 4. The Morgan fingerprint density at radius 2 is 1.92 bits per heavy atom. The van der Waals surface area contributed by atoms with E-state index in [0.29, 0.717) is 6.54 Å². The average Bonchev–Trinajstić information content (AvgIpc) is 2.79. The van der Waals surface area contributed by atoms with Crippen LogP contribution < -0.4 is 4.90 Å². The molecular weight excluding hydrogens is 326 g/mol. The SMILES string of the molecule is CC(C)(C)C(=O)CN1c2ccccc2C(c2ccccn2)=NCC1C=O. The number of nitrogens with zero attached hydrogens (tertiary/aromatic N) is 3. The van der Waals surface area contributed by atoms with E-state index in [1.807, 2.05) is 68.1 Å². The molecule has 1 aromatic carbocycles. The van der Waals surface area contributed by atoms with Crippen molar-refractivity contribution in [2.24, 2.45) is 10.4 Å². The van der Waals surface area contributed by atoms with E-state index >= 15 is 0 Å². The minimum atomic E-state index is -0.483. The van der Waals surface area contributed by atoms with Crippen LogP contribution in [0, 0.1) is 5.41 Å². The fraction of sp³-hybridized carbons (Fsp3) is 0.333. The Balaban J connectivity index is 2.09. The number of aliphatic imine (C=N–C) groups is 1. The van der Waals surface area contributed by atoms with Gasteiger partial charge in [0.05, 0.1) is 24.5 Å². The zero-order valence-corrected chi connectivity index (χ0v) is 15.3. The Morgan fingerprint density at radius 1 is 1.19 bits per heavy atom. The number of Topliss-reactive ketones (excluding diaryl/α,β-unsaturated/α-hetero) is 1. The first kappa shape index (κ1) is 18.0. The molecule has 0 aliphatic carbocycles. The van der Waals surface area contributed by atoms with Gasteiger partial charge in [0.25, 0.3) is 0 Å². The monoisotopic (exact) mass is 349 g/mol. The maximum atomic E-state index is 12.7. The molecule has 1 aliphatic heterocycles. The molecule has 2 aromatic rings. The molecule has 0 fully saturated rings. The molecule has 26 heavy (non-hydrogen) atoms. The van der Waals surface area contributed by atoms with Crippen LogP contribution in [0.5, 0.6) is 0 Å². The molecule has 1 atom stereocenters. The molecule has 0 saturated carbocycles. The van der Waals surface area contributed by atoms with Crippen molar-refractivity contribution in [2.75, 3.05) is 18.0 Å². The number of fused-ring (bicyclic) bond motifs is 1. The van der Waals surface area contributed by atoms with Crippen molar-refractivity contribution in [3.63, 3.8) is 0 Å². The van der Waals surface area contributed by atoms with E-state index < -0.39 is 11.5 Å². The van der Waals surface area contributed by atoms with Crippen molar-refractivity contribution in [3.8, 4) is 0 Å². The minimum Gasteiger partial charge on any atom is -0.352 e. The molecule has 5 nitrogen and oxygen atoms in total. The molecule has 1 aliphatic rings. The second-order valence-electron chi connectivity index (χ2n) is 7.43. The number of pyridine rings is 1. The standard InChI is InChI=1S/C21H23N3O2/c1-21(2,3)19(26)13-24-15(14-25)12-23-20(17-9-6-7-11-22-17)16-8-4-5-10-18(16)24/h4-11,14-15H,12-13H2,1-3H3. The van der Waals surface area contributed by atoms with Crippen molar-refractivity contribution >= 4 is 23.5 Å². The third-order valence-corrected chi connectivity index (χ3v) is 4.52. The van der Waals surface area contributed by atoms with Gasteiger partial charge in [-0.15, -0.1) is 0 Å². The lowest BCUT2D eigenvalue weighted by Crippen LogP contribution is -2.44. The van der Waals surface area contributed by atoms with Crippen LogP contribution in [0.3, 0.4) is 0 Å². The van der Waals surface area contributed by atoms with Crippen molar-refractivity contribution in [1.29, 1.82) is 0 Å². The van der Waals surface area contributed by atoms with Gasteiger partial charge in [-0.3, -0.25) is 14.8 Å². The predicted molar refractivity (Wildman–Crippen MR) is 103 cm³/mol. The summed E-state index contributed by atoms with van der Waals surface area (Å²) in [4.78, 5) is 35.4. The number of benzodiazepines with no additional fused rings is 1. The van der Waals surface area contributed by atoms with Crippen LogP contribution >= 0.6 is 0 Å². The third kappa shape index (κ3) is 3.57. The van der Waals surface area contributed by atoms with Gasteiger partial charge in [-0.05, 0) is 18.2 Å². The summed E-state index contributed by atoms with van der Waals surface area (Å²) in [6.45, 7) is 6.15. The Bertz CT molecular complexity index is 838. The van der Waals surface area contributed by atoms with Crippen LogP contribution in [0.1, 0.15) is 32.0 Å². The van der Waals surface area contributed by atoms with E-state index in [2.05, 4.69) is 9.98 Å². The van der Waals surface area contributed by atoms with Crippen LogP contribution in [0.4, 0.5) is 5.69 Å². The van der Waals surface area contributed by atoms with Gasteiger partial charge in [-0.2, -0.15) is 0 Å². The summed E-state index contributed by atoms with van der Waals surface area (Å²) in [6, 6.07) is 12.9. The molecule has 1 aromatic heterocycles. The highest BCUT2D eigenvalue weighted by molar-refractivity contribution is 6.15. The fourth-order valence-corrected chi connectivity index (χ4v) is 2.90. The number of hydrogen-bond donors (Lipinski definition) is 0. The largest absolute Gasteiger partial charge is 0.352 e. The molecule has 5 heteroatoms. The molecule has 0 N–H and O–H groups in total. The number of carbonyl (C=O) groups is 2. The lowest BCUT2D eigenvalue weighted by molar-refractivity contribution is -0.125. The van der Waals surface area contributed by atoms with Gasteiger partial charge < -0.3 is 9.69 Å². The molecule has 0 spiro atoms. The zero-order chi connectivity index (χ0) is 18.7. The number of benzene rings is 1. The Hall–Kier alpha value is -2.82. The summed E-state index contributed by atoms with van der Waals surface area (Å²) in [6.07, 6.45) is 2.60. The van der Waals surface area contributed by atoms with Gasteiger partial charge in [-0.1, -0.05) is 45.0 Å². The molecule has 2 heterocycles. The second kappa shape index (κ2) is 7.20. The predicted octanol–water partition coefficient (Wildman–Crippen LogP) is 2.92. The maximum Gasteiger partial charge on any atom is 0.157 e. The van der Waals surface area contributed by atoms with Gasteiger partial charge in [-0.25, -0.2) is 0 Å². The number of hydrogen-bond acceptors (Lipinski definition) is 5. The summed E-state index contributed by atoms with van der Waals surface area (Å²) in [7, 11) is 0. The molecule has 0 bridgehead atoms. The lowest BCUT2D eigenvalue weighted by Gasteiger charge is -2.31. The Labute approximate surface area is 153 Å². The lowest BCUT2D eigenvalue weighted by atomic mass is 9.90. The topological polar surface area (TPSA) is 62.6 Å². The van der Waals surface area contributed by atoms with E-state index in [-0.39, 0.29) is 12.3 Å². The van der Waals surface area contributed by atoms with Gasteiger partial charge in [0.15, 0.2) is 5.78 Å². The third-order valence-electron chi connectivity index (χ3n) is 4.52. The first-order chi connectivity index (χ1) is 12.4. The summed E-state index contributed by atoms with van der Waals surface area (Å²) >= 11 is 0. The first-order valence-electron chi connectivity index (χ1n) is 8.72. The molecule has 0 amide bonds. The van der Waals surface area contributed by atoms with Gasteiger partial charge in [0, 0.05) is 22.9 Å². The quantitative estimate of drug-likeness (QED) is 0.796. The molecule has 1 unspecified atom stereocenters. The van der Waals surface area contributed by atoms with Crippen LogP contribution in [0.15, 0.2) is 53.7 Å². The van der Waals surface area contributed by atoms with E-state index in [9.17, 15) is 9.59 Å². The van der Waals surface area contributed by atoms with E-state index in [0.717, 1.165) is 28.9 Å². The first-order valence-corrected chi connectivity index (χ1v) is 8.72. The number of para-hydroxylation sites is 1. The van der Waals surface area contributed by atoms with Crippen molar-refractivity contribution in [2.45, 2.75) is 26.8 Å². The molecule has 3 rings (SSSR count). The van der Waals surface area contributed by atoms with Gasteiger partial charge in [0.1, 0.15) is 12.3 Å². The highest BCUT2D eigenvalue weighted by atomic mass is 16.1.